The standard InChI is InChI=1S/C19H19F4N3O5/c1-29-9-13(10-3-4-14(11(20)7-10)31-19(21,22)23)24-16(28)12-8-15(27)26-17(25-12)18(30-2)5-6-18/h3-4,7-8,13H,5-6,9H2,1-2H3,(H,24,28)(H,25,26,27)/t13-/m1/s1. The second-order valence-electron chi connectivity index (χ2n) is 6.90. The molecule has 2 aromatic rings. The lowest BCUT2D eigenvalue weighted by atomic mass is 10.1. The molecule has 1 aromatic heterocycles. The number of carbonyl (C=O) groups excluding carboxylic acids is 1. The lowest BCUT2D eigenvalue weighted by Crippen LogP contribution is -2.34. The monoisotopic (exact) mass is 445 g/mol. The van der Waals surface area contributed by atoms with Crippen molar-refractivity contribution in [1.82, 2.24) is 15.3 Å². The minimum atomic E-state index is -5.05. The number of rotatable bonds is 8. The summed E-state index contributed by atoms with van der Waals surface area (Å²) in [5.41, 5.74) is -1.36. The number of nitrogens with zero attached hydrogens (tertiary/aromatic N) is 1. The van der Waals surface area contributed by atoms with E-state index in [1.54, 1.807) is 0 Å². The van der Waals surface area contributed by atoms with Gasteiger partial charge in [-0.1, -0.05) is 6.07 Å². The SMILES string of the molecule is COC[C@@H](NC(=O)c1cc(=O)[nH]c(C2(OC)CC2)n1)c1ccc(OC(F)(F)F)c(F)c1. The number of methoxy groups -OCH3 is 2. The molecule has 1 aromatic carbocycles. The number of amides is 1. The van der Waals surface area contributed by atoms with Gasteiger partial charge in [0.25, 0.3) is 11.5 Å². The van der Waals surface area contributed by atoms with Crippen LogP contribution >= 0.6 is 0 Å². The quantitative estimate of drug-likeness (QED) is 0.606. The van der Waals surface area contributed by atoms with Gasteiger partial charge in [-0.2, -0.15) is 0 Å². The Morgan fingerprint density at radius 3 is 2.55 bits per heavy atom. The smallest absolute Gasteiger partial charge is 0.403 e. The second-order valence-corrected chi connectivity index (χ2v) is 6.90. The van der Waals surface area contributed by atoms with Crippen LogP contribution in [0.5, 0.6) is 5.75 Å². The van der Waals surface area contributed by atoms with Crippen molar-refractivity contribution in [2.45, 2.75) is 30.8 Å². The first-order valence-electron chi connectivity index (χ1n) is 9.09. The summed E-state index contributed by atoms with van der Waals surface area (Å²) in [6.07, 6.45) is -3.78. The van der Waals surface area contributed by atoms with Gasteiger partial charge in [-0.3, -0.25) is 9.59 Å². The zero-order valence-corrected chi connectivity index (χ0v) is 16.5. The van der Waals surface area contributed by atoms with E-state index >= 15 is 0 Å². The van der Waals surface area contributed by atoms with Crippen molar-refractivity contribution in [3.05, 3.63) is 57.5 Å². The molecule has 1 aliphatic carbocycles. The molecular weight excluding hydrogens is 426 g/mol. The summed E-state index contributed by atoms with van der Waals surface area (Å²) in [6, 6.07) is 2.82. The molecule has 0 saturated heterocycles. The van der Waals surface area contributed by atoms with Crippen molar-refractivity contribution in [2.75, 3.05) is 20.8 Å². The van der Waals surface area contributed by atoms with Crippen molar-refractivity contribution in [2.24, 2.45) is 0 Å². The van der Waals surface area contributed by atoms with Crippen molar-refractivity contribution >= 4 is 5.91 Å². The maximum absolute atomic E-state index is 14.1. The minimum Gasteiger partial charge on any atom is -0.403 e. The molecule has 3 rings (SSSR count). The lowest BCUT2D eigenvalue weighted by Gasteiger charge is -2.20. The summed E-state index contributed by atoms with van der Waals surface area (Å²) in [7, 11) is 2.80. The molecule has 0 radical (unpaired) electrons. The largest absolute Gasteiger partial charge is 0.573 e. The van der Waals surface area contributed by atoms with Gasteiger partial charge in [0.05, 0.1) is 12.6 Å². The van der Waals surface area contributed by atoms with Crippen LogP contribution in [-0.2, 0) is 15.1 Å². The zero-order valence-electron chi connectivity index (χ0n) is 16.5. The van der Waals surface area contributed by atoms with Crippen molar-refractivity contribution in [3.63, 3.8) is 0 Å². The summed E-state index contributed by atoms with van der Waals surface area (Å²) in [6.45, 7) is -0.122. The fraction of sp³-hybridized carbons (Fsp3) is 0.421. The van der Waals surface area contributed by atoms with Gasteiger partial charge in [-0.15, -0.1) is 13.2 Å². The van der Waals surface area contributed by atoms with Crippen LogP contribution in [0.4, 0.5) is 17.6 Å². The molecule has 8 nitrogen and oxygen atoms in total. The van der Waals surface area contributed by atoms with Gasteiger partial charge in [0.1, 0.15) is 17.1 Å². The Morgan fingerprint density at radius 1 is 1.29 bits per heavy atom. The Kier molecular flexibility index (Phi) is 6.32. The molecule has 0 unspecified atom stereocenters. The first-order valence-corrected chi connectivity index (χ1v) is 9.09. The minimum absolute atomic E-state index is 0.122. The lowest BCUT2D eigenvalue weighted by molar-refractivity contribution is -0.275. The predicted octanol–water partition coefficient (Wildman–Crippen LogP) is 2.56. The van der Waals surface area contributed by atoms with Gasteiger partial charge in [-0.25, -0.2) is 9.37 Å². The molecule has 1 aliphatic rings. The summed E-state index contributed by atoms with van der Waals surface area (Å²) >= 11 is 0. The third-order valence-electron chi connectivity index (χ3n) is 4.72. The average Bonchev–Trinajstić information content (AvgIpc) is 3.49. The highest BCUT2D eigenvalue weighted by Gasteiger charge is 2.47. The van der Waals surface area contributed by atoms with Crippen LogP contribution in [-0.4, -0.2) is 43.1 Å². The molecule has 31 heavy (non-hydrogen) atoms. The molecule has 1 saturated carbocycles. The van der Waals surface area contributed by atoms with E-state index in [-0.39, 0.29) is 23.7 Å². The molecule has 0 spiro atoms. The Labute approximate surface area is 173 Å². The fourth-order valence-corrected chi connectivity index (χ4v) is 3.00. The van der Waals surface area contributed by atoms with E-state index in [2.05, 4.69) is 20.0 Å². The second kappa shape index (κ2) is 8.63. The molecule has 0 aliphatic heterocycles. The number of aromatic nitrogens is 2. The molecule has 1 heterocycles. The topological polar surface area (TPSA) is 103 Å². The maximum Gasteiger partial charge on any atom is 0.573 e. The molecule has 0 bridgehead atoms. The summed E-state index contributed by atoms with van der Waals surface area (Å²) in [5, 5.41) is 2.54. The fourth-order valence-electron chi connectivity index (χ4n) is 3.00. The van der Waals surface area contributed by atoms with Gasteiger partial charge >= 0.3 is 6.36 Å². The van der Waals surface area contributed by atoms with Crippen molar-refractivity contribution in [1.29, 1.82) is 0 Å². The Balaban J connectivity index is 1.83. The number of H-pyrrole nitrogens is 1. The molecule has 12 heteroatoms. The van der Waals surface area contributed by atoms with Gasteiger partial charge < -0.3 is 24.5 Å². The van der Waals surface area contributed by atoms with E-state index in [4.69, 9.17) is 9.47 Å². The van der Waals surface area contributed by atoms with Crippen LogP contribution in [0.25, 0.3) is 0 Å². The van der Waals surface area contributed by atoms with Gasteiger partial charge in [0, 0.05) is 20.3 Å². The molecule has 168 valence electrons. The van der Waals surface area contributed by atoms with E-state index < -0.39 is 41.0 Å². The molecule has 2 N–H and O–H groups in total. The maximum atomic E-state index is 14.1. The van der Waals surface area contributed by atoms with Crippen LogP contribution < -0.4 is 15.6 Å². The van der Waals surface area contributed by atoms with E-state index in [1.807, 2.05) is 0 Å². The first-order chi connectivity index (χ1) is 14.6. The van der Waals surface area contributed by atoms with Gasteiger partial charge in [-0.05, 0) is 30.5 Å². The normalized spacial score (nSPS) is 15.9. The number of benzene rings is 1. The number of nitrogens with one attached hydrogen (secondary N) is 2. The van der Waals surface area contributed by atoms with E-state index in [0.717, 1.165) is 24.3 Å². The van der Waals surface area contributed by atoms with E-state index in [0.29, 0.717) is 12.8 Å². The molecule has 1 fully saturated rings. The highest BCUT2D eigenvalue weighted by Crippen LogP contribution is 2.46. The number of aromatic amines is 1. The number of halogens is 4. The number of ether oxygens (including phenoxy) is 3. The van der Waals surface area contributed by atoms with Crippen molar-refractivity contribution < 1.29 is 36.6 Å². The van der Waals surface area contributed by atoms with Gasteiger partial charge in [0.15, 0.2) is 11.6 Å². The molecule has 1 atom stereocenters. The number of hydrogen-bond donors (Lipinski definition) is 2. The Bertz CT molecular complexity index is 1020. The number of carbonyl (C=O) groups is 1. The van der Waals surface area contributed by atoms with E-state index in [9.17, 15) is 27.2 Å². The highest BCUT2D eigenvalue weighted by molar-refractivity contribution is 5.92. The van der Waals surface area contributed by atoms with Crippen LogP contribution in [0, 0.1) is 5.82 Å². The Hall–Kier alpha value is -2.99. The summed E-state index contributed by atoms with van der Waals surface area (Å²) in [4.78, 5) is 31.4. The van der Waals surface area contributed by atoms with Gasteiger partial charge in [0.2, 0.25) is 0 Å². The summed E-state index contributed by atoms with van der Waals surface area (Å²) in [5.74, 6) is -2.81. The number of hydrogen-bond acceptors (Lipinski definition) is 6. The molecular formula is C19H19F4N3O5. The third kappa shape index (κ3) is 5.39. The zero-order chi connectivity index (χ0) is 22.8. The predicted molar refractivity (Wildman–Crippen MR) is 97.9 cm³/mol. The Morgan fingerprint density at radius 2 is 2.00 bits per heavy atom. The van der Waals surface area contributed by atoms with E-state index in [1.165, 1.54) is 14.2 Å². The number of alkyl halides is 3. The van der Waals surface area contributed by atoms with Crippen LogP contribution in [0.1, 0.15) is 40.8 Å². The summed E-state index contributed by atoms with van der Waals surface area (Å²) < 4.78 is 65.0. The van der Waals surface area contributed by atoms with Crippen LogP contribution in [0.2, 0.25) is 0 Å². The van der Waals surface area contributed by atoms with Crippen LogP contribution in [0.15, 0.2) is 29.1 Å². The van der Waals surface area contributed by atoms with Crippen LogP contribution in [0.3, 0.4) is 0 Å². The average molecular weight is 445 g/mol. The molecule has 1 amide bonds. The third-order valence-corrected chi connectivity index (χ3v) is 4.72. The first kappa shape index (κ1) is 22.7. The highest BCUT2D eigenvalue weighted by atomic mass is 19.4. The van der Waals surface area contributed by atoms with Crippen molar-refractivity contribution in [3.8, 4) is 5.75 Å².